The van der Waals surface area contributed by atoms with E-state index in [4.69, 9.17) is 5.73 Å². The topological polar surface area (TPSA) is 72.9 Å². The van der Waals surface area contributed by atoms with Crippen LogP contribution in [0, 0.1) is 0 Å². The highest BCUT2D eigenvalue weighted by molar-refractivity contribution is 5.94. The van der Waals surface area contributed by atoms with E-state index in [-0.39, 0.29) is 5.91 Å². The molecule has 0 fully saturated rings. The van der Waals surface area contributed by atoms with Gasteiger partial charge < -0.3 is 11.1 Å². The van der Waals surface area contributed by atoms with Gasteiger partial charge in [0.15, 0.2) is 0 Å². The summed E-state index contributed by atoms with van der Waals surface area (Å²) in [5.41, 5.74) is 7.27. The standard InChI is InChI=1S/C10H18N4O/c1-4-7(11)10(15)12-9-6-14(3)13-8(9)5-2/h6-7H,4-5,11H2,1-3H3,(H,12,15)/t7-/m0/s1. The van der Waals surface area contributed by atoms with Gasteiger partial charge in [-0.3, -0.25) is 9.48 Å². The van der Waals surface area contributed by atoms with Gasteiger partial charge in [0.1, 0.15) is 0 Å². The molecule has 3 N–H and O–H groups in total. The monoisotopic (exact) mass is 210 g/mol. The summed E-state index contributed by atoms with van der Waals surface area (Å²) in [7, 11) is 1.83. The third-order valence-corrected chi connectivity index (χ3v) is 2.27. The molecule has 1 heterocycles. The lowest BCUT2D eigenvalue weighted by atomic mass is 10.2. The van der Waals surface area contributed by atoms with Crippen LogP contribution in [0.2, 0.25) is 0 Å². The summed E-state index contributed by atoms with van der Waals surface area (Å²) in [4.78, 5) is 11.5. The summed E-state index contributed by atoms with van der Waals surface area (Å²) < 4.78 is 1.69. The summed E-state index contributed by atoms with van der Waals surface area (Å²) in [5, 5.41) is 7.01. The molecule has 0 aliphatic rings. The van der Waals surface area contributed by atoms with Gasteiger partial charge in [-0.2, -0.15) is 5.10 Å². The van der Waals surface area contributed by atoms with E-state index in [1.165, 1.54) is 0 Å². The highest BCUT2D eigenvalue weighted by Gasteiger charge is 2.14. The van der Waals surface area contributed by atoms with Crippen LogP contribution in [-0.4, -0.2) is 21.7 Å². The SMILES string of the molecule is CCc1nn(C)cc1NC(=O)[C@@H](N)CC. The van der Waals surface area contributed by atoms with Gasteiger partial charge in [-0.1, -0.05) is 13.8 Å². The van der Waals surface area contributed by atoms with Crippen LogP contribution < -0.4 is 11.1 Å². The number of hydrogen-bond donors (Lipinski definition) is 2. The van der Waals surface area contributed by atoms with Crippen LogP contribution in [0.3, 0.4) is 0 Å². The molecule has 0 aliphatic carbocycles. The molecule has 1 rings (SSSR count). The molecule has 0 radical (unpaired) electrons. The van der Waals surface area contributed by atoms with Crippen molar-refractivity contribution in [3.63, 3.8) is 0 Å². The highest BCUT2D eigenvalue weighted by atomic mass is 16.2. The summed E-state index contributed by atoms with van der Waals surface area (Å²) in [6.45, 7) is 3.88. The Morgan fingerprint density at radius 3 is 2.87 bits per heavy atom. The maximum Gasteiger partial charge on any atom is 0.241 e. The second-order valence-electron chi connectivity index (χ2n) is 3.52. The van der Waals surface area contributed by atoms with Crippen LogP contribution in [0.15, 0.2) is 6.20 Å². The summed E-state index contributed by atoms with van der Waals surface area (Å²) >= 11 is 0. The van der Waals surface area contributed by atoms with E-state index in [0.717, 1.165) is 17.8 Å². The Morgan fingerprint density at radius 1 is 1.67 bits per heavy atom. The van der Waals surface area contributed by atoms with Gasteiger partial charge in [-0.05, 0) is 12.8 Å². The Labute approximate surface area is 89.6 Å². The number of carbonyl (C=O) groups is 1. The number of rotatable bonds is 4. The van der Waals surface area contributed by atoms with E-state index in [1.807, 2.05) is 20.9 Å². The molecule has 15 heavy (non-hydrogen) atoms. The summed E-state index contributed by atoms with van der Waals surface area (Å²) in [5.74, 6) is -0.153. The Bertz CT molecular complexity index is 345. The van der Waals surface area contributed by atoms with Crippen molar-refractivity contribution < 1.29 is 4.79 Å². The number of amides is 1. The van der Waals surface area contributed by atoms with Gasteiger partial charge >= 0.3 is 0 Å². The Hall–Kier alpha value is -1.36. The van der Waals surface area contributed by atoms with E-state index in [2.05, 4.69) is 10.4 Å². The first-order valence-electron chi connectivity index (χ1n) is 5.17. The van der Waals surface area contributed by atoms with Crippen molar-refractivity contribution in [3.8, 4) is 0 Å². The number of hydrogen-bond acceptors (Lipinski definition) is 3. The van der Waals surface area contributed by atoms with Gasteiger partial charge in [0.05, 0.1) is 17.4 Å². The minimum absolute atomic E-state index is 0.153. The van der Waals surface area contributed by atoms with Crippen molar-refractivity contribution in [2.24, 2.45) is 12.8 Å². The molecule has 0 aliphatic heterocycles. The molecular formula is C10H18N4O. The molecular weight excluding hydrogens is 192 g/mol. The molecule has 1 aromatic heterocycles. The van der Waals surface area contributed by atoms with Gasteiger partial charge in [0.25, 0.3) is 0 Å². The summed E-state index contributed by atoms with van der Waals surface area (Å²) in [6.07, 6.45) is 3.21. The molecule has 0 saturated carbocycles. The quantitative estimate of drug-likeness (QED) is 0.766. The predicted octanol–water partition coefficient (Wildman–Crippen LogP) is 0.658. The van der Waals surface area contributed by atoms with Crippen LogP contribution in [-0.2, 0) is 18.3 Å². The van der Waals surface area contributed by atoms with Gasteiger partial charge in [-0.25, -0.2) is 0 Å². The molecule has 1 amide bonds. The second kappa shape index (κ2) is 4.93. The van der Waals surface area contributed by atoms with E-state index >= 15 is 0 Å². The van der Waals surface area contributed by atoms with Gasteiger partial charge in [0, 0.05) is 13.2 Å². The molecule has 0 spiro atoms. The van der Waals surface area contributed by atoms with Crippen molar-refractivity contribution in [1.82, 2.24) is 9.78 Å². The maximum absolute atomic E-state index is 11.5. The van der Waals surface area contributed by atoms with Crippen LogP contribution in [0.25, 0.3) is 0 Å². The highest BCUT2D eigenvalue weighted by Crippen LogP contribution is 2.13. The smallest absolute Gasteiger partial charge is 0.241 e. The third kappa shape index (κ3) is 2.79. The number of nitrogens with one attached hydrogen (secondary N) is 1. The molecule has 84 valence electrons. The van der Waals surface area contributed by atoms with Crippen molar-refractivity contribution in [1.29, 1.82) is 0 Å². The zero-order valence-electron chi connectivity index (χ0n) is 9.45. The molecule has 5 heteroatoms. The van der Waals surface area contributed by atoms with Crippen molar-refractivity contribution >= 4 is 11.6 Å². The minimum Gasteiger partial charge on any atom is -0.322 e. The van der Waals surface area contributed by atoms with Crippen LogP contribution >= 0.6 is 0 Å². The van der Waals surface area contributed by atoms with E-state index < -0.39 is 6.04 Å². The van der Waals surface area contributed by atoms with E-state index in [0.29, 0.717) is 6.42 Å². The number of aromatic nitrogens is 2. The minimum atomic E-state index is -0.449. The van der Waals surface area contributed by atoms with E-state index in [1.54, 1.807) is 10.9 Å². The Balaban J connectivity index is 2.75. The molecule has 5 nitrogen and oxygen atoms in total. The fourth-order valence-electron chi connectivity index (χ4n) is 1.31. The zero-order chi connectivity index (χ0) is 11.4. The molecule has 0 bridgehead atoms. The lowest BCUT2D eigenvalue weighted by Gasteiger charge is -2.08. The number of aryl methyl sites for hydroxylation is 2. The molecule has 0 saturated heterocycles. The van der Waals surface area contributed by atoms with Crippen molar-refractivity contribution in [3.05, 3.63) is 11.9 Å². The van der Waals surface area contributed by atoms with Crippen molar-refractivity contribution in [2.75, 3.05) is 5.32 Å². The molecule has 1 atom stereocenters. The Kier molecular flexibility index (Phi) is 3.85. The van der Waals surface area contributed by atoms with Gasteiger partial charge in [0.2, 0.25) is 5.91 Å². The normalized spacial score (nSPS) is 12.5. The molecule has 0 aromatic carbocycles. The van der Waals surface area contributed by atoms with Gasteiger partial charge in [-0.15, -0.1) is 0 Å². The lowest BCUT2D eigenvalue weighted by molar-refractivity contribution is -0.117. The van der Waals surface area contributed by atoms with Crippen molar-refractivity contribution in [2.45, 2.75) is 32.7 Å². The van der Waals surface area contributed by atoms with E-state index in [9.17, 15) is 4.79 Å². The maximum atomic E-state index is 11.5. The number of nitrogens with zero attached hydrogens (tertiary/aromatic N) is 2. The second-order valence-corrected chi connectivity index (χ2v) is 3.52. The summed E-state index contributed by atoms with van der Waals surface area (Å²) in [6, 6.07) is -0.449. The predicted molar refractivity (Wildman–Crippen MR) is 59.5 cm³/mol. The Morgan fingerprint density at radius 2 is 2.33 bits per heavy atom. The first kappa shape index (κ1) is 11.7. The first-order chi connectivity index (χ1) is 7.08. The molecule has 1 aromatic rings. The van der Waals surface area contributed by atoms with Crippen LogP contribution in [0.4, 0.5) is 5.69 Å². The lowest BCUT2D eigenvalue weighted by Crippen LogP contribution is -2.34. The number of nitrogens with two attached hydrogens (primary N) is 1. The number of carbonyl (C=O) groups excluding carboxylic acids is 1. The fourth-order valence-corrected chi connectivity index (χ4v) is 1.31. The zero-order valence-corrected chi connectivity index (χ0v) is 9.45. The van der Waals surface area contributed by atoms with Crippen LogP contribution in [0.1, 0.15) is 26.0 Å². The van der Waals surface area contributed by atoms with Crippen LogP contribution in [0.5, 0.6) is 0 Å². The molecule has 0 unspecified atom stereocenters. The first-order valence-corrected chi connectivity index (χ1v) is 5.17. The third-order valence-electron chi connectivity index (χ3n) is 2.27. The average Bonchev–Trinajstić information content (AvgIpc) is 2.57. The largest absolute Gasteiger partial charge is 0.322 e. The number of anilines is 1. The average molecular weight is 210 g/mol. The fraction of sp³-hybridized carbons (Fsp3) is 0.600.